The number of ketones is 1. The molecule has 1 aromatic carbocycles. The summed E-state index contributed by atoms with van der Waals surface area (Å²) in [4.78, 5) is 12.6. The van der Waals surface area contributed by atoms with E-state index >= 15 is 0 Å². The lowest BCUT2D eigenvalue weighted by atomic mass is 9.24. The van der Waals surface area contributed by atoms with Gasteiger partial charge < -0.3 is 5.73 Å². The molecule has 0 saturated heterocycles. The zero-order valence-corrected chi connectivity index (χ0v) is 13.2. The van der Waals surface area contributed by atoms with E-state index in [1.807, 2.05) is 0 Å². The Morgan fingerprint density at radius 2 is 1.35 bits per heavy atom. The van der Waals surface area contributed by atoms with Gasteiger partial charge >= 0.3 is 0 Å². The highest BCUT2D eigenvalue weighted by molar-refractivity contribution is 6.66. The standard InChI is InChI=1S/C12H6B8ClNO/c13-5-4(9(21)8(16)7(15)6(5)14)10(22)2-12(19,20)11(17,18)1-3(10)23/h1-2,22H2. The molecule has 2 nitrogen and oxygen atoms in total. The minimum Gasteiger partial charge on any atom is -0.315 e. The lowest BCUT2D eigenvalue weighted by Gasteiger charge is -2.54. The molecular formula is C12H6B8ClNO. The van der Waals surface area contributed by atoms with Crippen LogP contribution in [0.25, 0.3) is 0 Å². The molecular weight excluding hydrogens is 296 g/mol. The zero-order chi connectivity index (χ0) is 18.0. The number of Topliss-reactive ketones (excluding diaryl/α,β-unsaturated/α-hetero) is 1. The summed E-state index contributed by atoms with van der Waals surface area (Å²) < 4.78 is 0. The van der Waals surface area contributed by atoms with E-state index in [1.165, 1.54) is 0 Å². The topological polar surface area (TPSA) is 43.1 Å². The fraction of sp³-hybridized carbons (Fsp3) is 0.417. The molecule has 0 aromatic heterocycles. The first-order valence-corrected chi connectivity index (χ1v) is 7.03. The van der Waals surface area contributed by atoms with Gasteiger partial charge in [0.2, 0.25) is 0 Å². The molecule has 96 valence electrons. The Labute approximate surface area is 152 Å². The van der Waals surface area contributed by atoms with Gasteiger partial charge in [-0.1, -0.05) is 22.5 Å². The lowest BCUT2D eigenvalue weighted by molar-refractivity contribution is -0.127. The van der Waals surface area contributed by atoms with Gasteiger partial charge in [-0.15, -0.1) is 21.4 Å². The van der Waals surface area contributed by atoms with Crippen LogP contribution in [0.3, 0.4) is 0 Å². The van der Waals surface area contributed by atoms with Crippen LogP contribution in [0, 0.1) is 0 Å². The lowest BCUT2D eigenvalue weighted by Crippen LogP contribution is -2.61. The Bertz CT molecular complexity index is 678. The molecule has 0 amide bonds. The molecule has 1 unspecified atom stereocenters. The molecule has 23 heavy (non-hydrogen) atoms. The van der Waals surface area contributed by atoms with Gasteiger partial charge in [0.05, 0.1) is 31.4 Å². The minimum absolute atomic E-state index is 0.00173. The minimum atomic E-state index is -1.75. The normalized spacial score (nSPS) is 26.1. The van der Waals surface area contributed by atoms with Crippen LogP contribution >= 0.6 is 11.6 Å². The van der Waals surface area contributed by atoms with Crippen LogP contribution in [0.2, 0.25) is 15.5 Å². The first-order valence-electron chi connectivity index (χ1n) is 6.66. The number of halogens is 1. The molecule has 1 aromatic rings. The van der Waals surface area contributed by atoms with E-state index < -0.39 is 21.7 Å². The molecule has 1 atom stereocenters. The van der Waals surface area contributed by atoms with Crippen molar-refractivity contribution in [2.45, 2.75) is 28.8 Å². The zero-order valence-electron chi connectivity index (χ0n) is 12.4. The van der Waals surface area contributed by atoms with Crippen LogP contribution in [-0.2, 0) is 10.3 Å². The maximum Gasteiger partial charge on any atom is 0.156 e. The van der Waals surface area contributed by atoms with Crippen molar-refractivity contribution in [3.8, 4) is 0 Å². The summed E-state index contributed by atoms with van der Waals surface area (Å²) in [7, 11) is 46.9. The maximum atomic E-state index is 12.6. The second-order valence-electron chi connectivity index (χ2n) is 6.17. The SMILES string of the molecule is [B]c1c([B])c([B])c(C2(N)CC([B])([B])C([B])([B])CC2=O)c(Cl)c1[B]. The highest BCUT2D eigenvalue weighted by atomic mass is 35.5. The third-order valence-corrected chi connectivity index (χ3v) is 4.82. The van der Waals surface area contributed by atoms with Gasteiger partial charge in [-0.3, -0.25) is 4.79 Å². The molecule has 16 radical (unpaired) electrons. The third-order valence-electron chi connectivity index (χ3n) is 4.43. The summed E-state index contributed by atoms with van der Waals surface area (Å²) in [6.45, 7) is 0. The Kier molecular flexibility index (Phi) is 4.62. The van der Waals surface area contributed by atoms with E-state index in [0.717, 1.165) is 0 Å². The van der Waals surface area contributed by atoms with Crippen LogP contribution in [-0.4, -0.2) is 68.6 Å². The van der Waals surface area contributed by atoms with Crippen LogP contribution < -0.4 is 27.6 Å². The van der Waals surface area contributed by atoms with Crippen molar-refractivity contribution in [1.82, 2.24) is 0 Å². The van der Waals surface area contributed by atoms with Gasteiger partial charge in [0.25, 0.3) is 0 Å². The van der Waals surface area contributed by atoms with E-state index in [4.69, 9.17) is 80.1 Å². The van der Waals surface area contributed by atoms with Gasteiger partial charge in [-0.2, -0.15) is 0 Å². The third kappa shape index (κ3) is 2.70. The molecule has 1 fully saturated rings. The molecule has 0 bridgehead atoms. The van der Waals surface area contributed by atoms with Crippen molar-refractivity contribution < 1.29 is 4.79 Å². The first-order chi connectivity index (χ1) is 10.3. The average molecular weight is 302 g/mol. The van der Waals surface area contributed by atoms with Crippen molar-refractivity contribution in [3.05, 3.63) is 10.6 Å². The number of rotatable bonds is 1. The number of nitrogens with two attached hydrogens (primary N) is 1. The van der Waals surface area contributed by atoms with Crippen molar-refractivity contribution in [2.75, 3.05) is 0 Å². The van der Waals surface area contributed by atoms with Crippen molar-refractivity contribution in [3.63, 3.8) is 0 Å². The van der Waals surface area contributed by atoms with E-state index in [0.29, 0.717) is 0 Å². The second kappa shape index (κ2) is 5.59. The van der Waals surface area contributed by atoms with Crippen molar-refractivity contribution >= 4 is 102 Å². The Hall–Kier alpha value is -0.341. The van der Waals surface area contributed by atoms with Crippen LogP contribution in [0.5, 0.6) is 0 Å². The summed E-state index contributed by atoms with van der Waals surface area (Å²) in [5.41, 5.74) is 4.42. The van der Waals surface area contributed by atoms with E-state index in [2.05, 4.69) is 0 Å². The maximum absolute atomic E-state index is 12.6. The molecule has 0 aliphatic heterocycles. The van der Waals surface area contributed by atoms with E-state index in [1.54, 1.807) is 0 Å². The summed E-state index contributed by atoms with van der Waals surface area (Å²) in [6, 6.07) is 0. The predicted octanol–water partition coefficient (Wildman–Crippen LogP) is -4.06. The highest BCUT2D eigenvalue weighted by Crippen LogP contribution is 2.56. The van der Waals surface area contributed by atoms with E-state index in [9.17, 15) is 4.79 Å². The van der Waals surface area contributed by atoms with Crippen molar-refractivity contribution in [2.24, 2.45) is 5.73 Å². The van der Waals surface area contributed by atoms with Crippen molar-refractivity contribution in [1.29, 1.82) is 0 Å². The second-order valence-corrected chi connectivity index (χ2v) is 6.55. The number of carbonyl (C=O) groups is 1. The molecule has 0 spiro atoms. The van der Waals surface area contributed by atoms with Gasteiger partial charge in [-0.05, 0) is 18.4 Å². The largest absolute Gasteiger partial charge is 0.315 e. The number of hydrogen-bond acceptors (Lipinski definition) is 2. The predicted molar refractivity (Wildman–Crippen MR) is 102 cm³/mol. The fourth-order valence-corrected chi connectivity index (χ4v) is 3.14. The highest BCUT2D eigenvalue weighted by Gasteiger charge is 2.52. The molecule has 1 aliphatic rings. The molecule has 0 heterocycles. The van der Waals surface area contributed by atoms with Gasteiger partial charge in [0.15, 0.2) is 5.78 Å². The Morgan fingerprint density at radius 3 is 1.87 bits per heavy atom. The van der Waals surface area contributed by atoms with Crippen LogP contribution in [0.4, 0.5) is 0 Å². The summed E-state index contributed by atoms with van der Waals surface area (Å²) >= 11 is 6.21. The molecule has 1 saturated carbocycles. The number of carbonyl (C=O) groups excluding carboxylic acids is 1. The molecule has 2 N–H and O–H groups in total. The Balaban J connectivity index is 2.74. The number of hydrogen-bond donors (Lipinski definition) is 1. The Morgan fingerprint density at radius 1 is 0.870 bits per heavy atom. The van der Waals surface area contributed by atoms with Gasteiger partial charge in [0, 0.05) is 5.02 Å². The van der Waals surface area contributed by atoms with Gasteiger partial charge in [-0.25, -0.2) is 0 Å². The van der Waals surface area contributed by atoms with E-state index in [-0.39, 0.29) is 45.3 Å². The molecule has 1 aliphatic carbocycles. The first kappa shape index (κ1) is 19.0. The molecule has 11 heteroatoms. The summed E-state index contributed by atoms with van der Waals surface area (Å²) in [5.74, 6) is -0.536. The van der Waals surface area contributed by atoms with Crippen LogP contribution in [0.15, 0.2) is 0 Å². The average Bonchev–Trinajstić information content (AvgIpc) is 2.40. The fourth-order valence-electron chi connectivity index (χ4n) is 2.77. The van der Waals surface area contributed by atoms with Crippen LogP contribution in [0.1, 0.15) is 18.4 Å². The summed E-state index contributed by atoms with van der Waals surface area (Å²) in [6.07, 6.45) is -0.686. The quantitative estimate of drug-likeness (QED) is 0.537. The summed E-state index contributed by atoms with van der Waals surface area (Å²) in [5, 5.41) is -3.38. The smallest absolute Gasteiger partial charge is 0.156 e. The molecule has 2 rings (SSSR count). The number of benzene rings is 1. The van der Waals surface area contributed by atoms with Gasteiger partial charge in [0.1, 0.15) is 36.9 Å². The monoisotopic (exact) mass is 303 g/mol.